The SMILES string of the molecule is CCNc1cnccc1C(=O)Nc1ccc(OC)c(Br)c1. The molecule has 0 spiro atoms. The van der Waals surface area contributed by atoms with Crippen molar-refractivity contribution >= 4 is 33.2 Å². The Labute approximate surface area is 131 Å². The van der Waals surface area contributed by atoms with Gasteiger partial charge >= 0.3 is 0 Å². The van der Waals surface area contributed by atoms with E-state index in [1.165, 1.54) is 0 Å². The maximum absolute atomic E-state index is 12.4. The third-order valence-corrected chi connectivity index (χ3v) is 3.46. The second kappa shape index (κ2) is 7.08. The first-order chi connectivity index (χ1) is 10.2. The first-order valence-corrected chi connectivity index (χ1v) is 7.27. The zero-order valence-electron chi connectivity index (χ0n) is 11.8. The fourth-order valence-electron chi connectivity index (χ4n) is 1.87. The number of aromatic nitrogens is 1. The van der Waals surface area contributed by atoms with Gasteiger partial charge in [-0.2, -0.15) is 0 Å². The molecular formula is C15H16BrN3O2. The van der Waals surface area contributed by atoms with E-state index in [2.05, 4.69) is 31.5 Å². The van der Waals surface area contributed by atoms with Crippen LogP contribution < -0.4 is 15.4 Å². The Hall–Kier alpha value is -2.08. The number of carbonyl (C=O) groups excluding carboxylic acids is 1. The summed E-state index contributed by atoms with van der Waals surface area (Å²) < 4.78 is 5.94. The summed E-state index contributed by atoms with van der Waals surface area (Å²) in [6.07, 6.45) is 3.24. The number of carbonyl (C=O) groups is 1. The van der Waals surface area contributed by atoms with Crippen LogP contribution in [0.4, 0.5) is 11.4 Å². The molecular weight excluding hydrogens is 334 g/mol. The first kappa shape index (κ1) is 15.3. The summed E-state index contributed by atoms with van der Waals surface area (Å²) in [6.45, 7) is 2.69. The number of nitrogens with one attached hydrogen (secondary N) is 2. The topological polar surface area (TPSA) is 63.2 Å². The van der Waals surface area contributed by atoms with E-state index in [-0.39, 0.29) is 5.91 Å². The van der Waals surface area contributed by atoms with Gasteiger partial charge in [-0.3, -0.25) is 9.78 Å². The second-order valence-corrected chi connectivity index (χ2v) is 5.11. The van der Waals surface area contributed by atoms with Crippen molar-refractivity contribution in [1.82, 2.24) is 4.98 Å². The maximum Gasteiger partial charge on any atom is 0.257 e. The van der Waals surface area contributed by atoms with Gasteiger partial charge < -0.3 is 15.4 Å². The molecule has 1 aromatic heterocycles. The molecule has 0 unspecified atom stereocenters. The van der Waals surface area contributed by atoms with Gasteiger partial charge in [-0.1, -0.05) is 0 Å². The Bertz CT molecular complexity index is 647. The molecule has 1 heterocycles. The summed E-state index contributed by atoms with van der Waals surface area (Å²) in [7, 11) is 1.60. The summed E-state index contributed by atoms with van der Waals surface area (Å²) in [5, 5.41) is 5.98. The van der Waals surface area contributed by atoms with Crippen LogP contribution in [-0.4, -0.2) is 24.5 Å². The van der Waals surface area contributed by atoms with Gasteiger partial charge in [-0.25, -0.2) is 0 Å². The summed E-state index contributed by atoms with van der Waals surface area (Å²) in [4.78, 5) is 16.4. The van der Waals surface area contributed by atoms with Crippen molar-refractivity contribution in [3.63, 3.8) is 0 Å². The van der Waals surface area contributed by atoms with Gasteiger partial charge in [0.05, 0.1) is 29.0 Å². The molecule has 2 N–H and O–H groups in total. The molecule has 0 fully saturated rings. The largest absolute Gasteiger partial charge is 0.496 e. The van der Waals surface area contributed by atoms with Crippen LogP contribution >= 0.6 is 15.9 Å². The Morgan fingerprint density at radius 1 is 1.38 bits per heavy atom. The number of rotatable bonds is 5. The predicted molar refractivity (Wildman–Crippen MR) is 87.0 cm³/mol. The van der Waals surface area contributed by atoms with Crippen molar-refractivity contribution < 1.29 is 9.53 Å². The number of anilines is 2. The lowest BCUT2D eigenvalue weighted by Crippen LogP contribution is -2.15. The van der Waals surface area contributed by atoms with Crippen LogP contribution in [0.25, 0.3) is 0 Å². The summed E-state index contributed by atoms with van der Waals surface area (Å²) in [6, 6.07) is 7.06. The molecule has 0 atom stereocenters. The maximum atomic E-state index is 12.4. The van der Waals surface area contributed by atoms with Gasteiger partial charge in [-0.05, 0) is 47.1 Å². The Morgan fingerprint density at radius 2 is 2.19 bits per heavy atom. The highest BCUT2D eigenvalue weighted by Crippen LogP contribution is 2.28. The fraction of sp³-hybridized carbons (Fsp3) is 0.200. The summed E-state index contributed by atoms with van der Waals surface area (Å²) in [5.41, 5.74) is 1.95. The van der Waals surface area contributed by atoms with Gasteiger partial charge in [-0.15, -0.1) is 0 Å². The summed E-state index contributed by atoms with van der Waals surface area (Å²) >= 11 is 3.39. The molecule has 0 aliphatic heterocycles. The molecule has 5 nitrogen and oxygen atoms in total. The third kappa shape index (κ3) is 3.72. The van der Waals surface area contributed by atoms with E-state index in [9.17, 15) is 4.79 Å². The van der Waals surface area contributed by atoms with Gasteiger partial charge in [0, 0.05) is 18.4 Å². The van der Waals surface area contributed by atoms with Gasteiger partial charge in [0.25, 0.3) is 5.91 Å². The zero-order chi connectivity index (χ0) is 15.2. The van der Waals surface area contributed by atoms with Gasteiger partial charge in [0.15, 0.2) is 0 Å². The molecule has 1 aromatic carbocycles. The highest BCUT2D eigenvalue weighted by atomic mass is 79.9. The lowest BCUT2D eigenvalue weighted by Gasteiger charge is -2.11. The highest BCUT2D eigenvalue weighted by molar-refractivity contribution is 9.10. The lowest BCUT2D eigenvalue weighted by molar-refractivity contribution is 0.102. The van der Waals surface area contributed by atoms with E-state index in [1.54, 1.807) is 43.8 Å². The molecule has 0 bridgehead atoms. The van der Waals surface area contributed by atoms with Crippen molar-refractivity contribution in [2.24, 2.45) is 0 Å². The number of amides is 1. The van der Waals surface area contributed by atoms with Crippen LogP contribution in [0.3, 0.4) is 0 Å². The average molecular weight is 350 g/mol. The molecule has 6 heteroatoms. The molecule has 110 valence electrons. The quantitative estimate of drug-likeness (QED) is 0.866. The second-order valence-electron chi connectivity index (χ2n) is 4.26. The van der Waals surface area contributed by atoms with Crippen molar-refractivity contribution in [1.29, 1.82) is 0 Å². The standard InChI is InChI=1S/C15H16BrN3O2/c1-3-18-13-9-17-7-6-11(13)15(20)19-10-4-5-14(21-2)12(16)8-10/h4-9,18H,3H2,1-2H3,(H,19,20). The minimum atomic E-state index is -0.189. The third-order valence-electron chi connectivity index (χ3n) is 2.84. The number of nitrogens with zero attached hydrogens (tertiary/aromatic N) is 1. The Kier molecular flexibility index (Phi) is 5.16. The van der Waals surface area contributed by atoms with Crippen LogP contribution in [0.1, 0.15) is 17.3 Å². The van der Waals surface area contributed by atoms with Crippen LogP contribution in [-0.2, 0) is 0 Å². The normalized spacial score (nSPS) is 10.0. The monoisotopic (exact) mass is 349 g/mol. The van der Waals surface area contributed by atoms with Crippen molar-refractivity contribution in [3.05, 3.63) is 46.7 Å². The van der Waals surface area contributed by atoms with Crippen LogP contribution in [0.2, 0.25) is 0 Å². The number of pyridine rings is 1. The van der Waals surface area contributed by atoms with E-state index >= 15 is 0 Å². The van der Waals surface area contributed by atoms with E-state index in [0.29, 0.717) is 22.7 Å². The molecule has 21 heavy (non-hydrogen) atoms. The van der Waals surface area contributed by atoms with Gasteiger partial charge in [0.2, 0.25) is 0 Å². The number of methoxy groups -OCH3 is 1. The summed E-state index contributed by atoms with van der Waals surface area (Å²) in [5.74, 6) is 0.524. The number of benzene rings is 1. The number of ether oxygens (including phenoxy) is 1. The molecule has 0 aliphatic rings. The van der Waals surface area contributed by atoms with Crippen LogP contribution in [0.5, 0.6) is 5.75 Å². The highest BCUT2D eigenvalue weighted by Gasteiger charge is 2.12. The minimum Gasteiger partial charge on any atom is -0.496 e. The molecule has 0 saturated heterocycles. The lowest BCUT2D eigenvalue weighted by atomic mass is 10.2. The van der Waals surface area contributed by atoms with E-state index < -0.39 is 0 Å². The Morgan fingerprint density at radius 3 is 2.86 bits per heavy atom. The number of hydrogen-bond donors (Lipinski definition) is 2. The smallest absolute Gasteiger partial charge is 0.257 e. The Balaban J connectivity index is 2.20. The molecule has 2 aromatic rings. The first-order valence-electron chi connectivity index (χ1n) is 6.48. The van der Waals surface area contributed by atoms with Gasteiger partial charge in [0.1, 0.15) is 5.75 Å². The zero-order valence-corrected chi connectivity index (χ0v) is 13.4. The van der Waals surface area contributed by atoms with E-state index in [1.807, 2.05) is 6.92 Å². The van der Waals surface area contributed by atoms with Crippen LogP contribution in [0.15, 0.2) is 41.1 Å². The van der Waals surface area contributed by atoms with E-state index in [0.717, 1.165) is 11.0 Å². The number of hydrogen-bond acceptors (Lipinski definition) is 4. The predicted octanol–water partition coefficient (Wildman–Crippen LogP) is 3.54. The van der Waals surface area contributed by atoms with Crippen molar-refractivity contribution in [2.45, 2.75) is 6.92 Å². The average Bonchev–Trinajstić information content (AvgIpc) is 2.48. The van der Waals surface area contributed by atoms with Crippen molar-refractivity contribution in [2.75, 3.05) is 24.3 Å². The molecule has 0 aliphatic carbocycles. The molecule has 0 saturated carbocycles. The van der Waals surface area contributed by atoms with E-state index in [4.69, 9.17) is 4.74 Å². The van der Waals surface area contributed by atoms with Crippen LogP contribution in [0, 0.1) is 0 Å². The fourth-order valence-corrected chi connectivity index (χ4v) is 2.41. The molecule has 2 rings (SSSR count). The number of halogens is 1. The minimum absolute atomic E-state index is 0.189. The molecule has 0 radical (unpaired) electrons. The molecule has 1 amide bonds. The van der Waals surface area contributed by atoms with Crippen molar-refractivity contribution in [3.8, 4) is 5.75 Å².